The van der Waals surface area contributed by atoms with Crippen LogP contribution in [0.2, 0.25) is 0 Å². The summed E-state index contributed by atoms with van der Waals surface area (Å²) in [4.78, 5) is 39.9. The molecule has 0 saturated heterocycles. The molecule has 0 spiro atoms. The molecule has 6 heteroatoms. The molecular weight excluding hydrogens is 406 g/mol. The molecule has 2 unspecified atom stereocenters. The summed E-state index contributed by atoms with van der Waals surface area (Å²) in [5.74, 6) is -1.16. The summed E-state index contributed by atoms with van der Waals surface area (Å²) in [5.41, 5.74) is 2.82. The van der Waals surface area contributed by atoms with Crippen molar-refractivity contribution in [2.45, 2.75) is 31.1 Å². The van der Waals surface area contributed by atoms with Crippen LogP contribution in [-0.2, 0) is 9.59 Å². The highest BCUT2D eigenvalue weighted by atomic mass is 16.4. The third-order valence-electron chi connectivity index (χ3n) is 6.24. The van der Waals surface area contributed by atoms with Crippen molar-refractivity contribution in [1.29, 1.82) is 0 Å². The normalized spacial score (nSPS) is 20.9. The first kappa shape index (κ1) is 20.0. The Labute approximate surface area is 184 Å². The van der Waals surface area contributed by atoms with Gasteiger partial charge in [-0.1, -0.05) is 36.4 Å². The van der Waals surface area contributed by atoms with Crippen molar-refractivity contribution in [2.75, 3.05) is 4.90 Å². The highest BCUT2D eigenvalue weighted by Gasteiger charge is 2.43. The van der Waals surface area contributed by atoms with Gasteiger partial charge >= 0.3 is 5.97 Å². The molecule has 3 aromatic rings. The van der Waals surface area contributed by atoms with Gasteiger partial charge in [0.25, 0.3) is 0 Å². The molecule has 32 heavy (non-hydrogen) atoms. The van der Waals surface area contributed by atoms with E-state index in [2.05, 4.69) is 0 Å². The molecule has 0 saturated carbocycles. The van der Waals surface area contributed by atoms with Gasteiger partial charge in [0.2, 0.25) is 5.91 Å². The van der Waals surface area contributed by atoms with Crippen molar-refractivity contribution in [1.82, 2.24) is 0 Å². The minimum absolute atomic E-state index is 0.00612. The van der Waals surface area contributed by atoms with E-state index in [0.717, 1.165) is 5.56 Å². The van der Waals surface area contributed by atoms with Gasteiger partial charge in [0, 0.05) is 29.8 Å². The fourth-order valence-corrected chi connectivity index (χ4v) is 4.81. The van der Waals surface area contributed by atoms with E-state index in [0.29, 0.717) is 35.6 Å². The monoisotopic (exact) mass is 427 g/mol. The van der Waals surface area contributed by atoms with E-state index in [1.807, 2.05) is 30.3 Å². The number of furan rings is 1. The maximum absolute atomic E-state index is 13.4. The zero-order valence-corrected chi connectivity index (χ0v) is 17.2. The molecule has 2 heterocycles. The predicted octanol–water partition coefficient (Wildman–Crippen LogP) is 4.90. The van der Waals surface area contributed by atoms with Crippen LogP contribution in [0.1, 0.15) is 52.8 Å². The number of aromatic carboxylic acids is 1. The van der Waals surface area contributed by atoms with E-state index in [1.165, 1.54) is 17.0 Å². The third-order valence-corrected chi connectivity index (χ3v) is 6.24. The van der Waals surface area contributed by atoms with Crippen molar-refractivity contribution in [3.8, 4) is 0 Å². The minimum Gasteiger partial charge on any atom is -0.478 e. The summed E-state index contributed by atoms with van der Waals surface area (Å²) in [5, 5.41) is 9.42. The molecule has 2 aromatic carbocycles. The number of anilines is 1. The van der Waals surface area contributed by atoms with Crippen LogP contribution in [0, 0.1) is 0 Å². The van der Waals surface area contributed by atoms with Gasteiger partial charge in [-0.25, -0.2) is 4.79 Å². The molecule has 2 aliphatic rings. The molecule has 1 aliphatic carbocycles. The Bertz CT molecular complexity index is 1230. The molecule has 0 fully saturated rings. The van der Waals surface area contributed by atoms with Gasteiger partial charge in [-0.05, 0) is 48.2 Å². The first-order valence-electron chi connectivity index (χ1n) is 10.5. The third kappa shape index (κ3) is 3.43. The first-order chi connectivity index (χ1) is 15.5. The molecule has 1 aliphatic heterocycles. The molecule has 5 rings (SSSR count). The number of amides is 1. The molecule has 2 atom stereocenters. The van der Waals surface area contributed by atoms with Crippen LogP contribution >= 0.6 is 0 Å². The predicted molar refractivity (Wildman–Crippen MR) is 117 cm³/mol. The van der Waals surface area contributed by atoms with Gasteiger partial charge in [-0.15, -0.1) is 0 Å². The minimum atomic E-state index is -1.07. The molecule has 6 nitrogen and oxygen atoms in total. The van der Waals surface area contributed by atoms with E-state index in [9.17, 15) is 19.5 Å². The standard InChI is InChI=1S/C26H21NO5/c28-22-14-18(16-6-2-1-3-7-16)13-21-25(22)20(23-10-5-11-32-23)15-24(29)27(21)19-9-4-8-17(12-19)26(30)31/h1-12,18,20H,13-15H2,(H,30,31). The molecule has 1 aromatic heterocycles. The van der Waals surface area contributed by atoms with Crippen molar-refractivity contribution < 1.29 is 23.9 Å². The summed E-state index contributed by atoms with van der Waals surface area (Å²) in [6.45, 7) is 0. The highest BCUT2D eigenvalue weighted by Crippen LogP contribution is 2.47. The number of hydrogen-bond acceptors (Lipinski definition) is 4. The number of benzene rings is 2. The summed E-state index contributed by atoms with van der Waals surface area (Å²) in [6.07, 6.45) is 2.50. The first-order valence-corrected chi connectivity index (χ1v) is 10.5. The van der Waals surface area contributed by atoms with Crippen LogP contribution in [0.3, 0.4) is 0 Å². The van der Waals surface area contributed by atoms with Crippen LogP contribution < -0.4 is 4.90 Å². The second-order valence-electron chi connectivity index (χ2n) is 8.16. The maximum Gasteiger partial charge on any atom is 0.335 e. The van der Waals surface area contributed by atoms with Crippen LogP contribution in [-0.4, -0.2) is 22.8 Å². The van der Waals surface area contributed by atoms with Crippen LogP contribution in [0.4, 0.5) is 5.69 Å². The zero-order chi connectivity index (χ0) is 22.2. The van der Waals surface area contributed by atoms with Crippen molar-refractivity contribution in [3.63, 3.8) is 0 Å². The zero-order valence-electron chi connectivity index (χ0n) is 17.2. The number of ketones is 1. The Morgan fingerprint density at radius 1 is 0.938 bits per heavy atom. The number of allylic oxidation sites excluding steroid dienone is 2. The summed E-state index contributed by atoms with van der Waals surface area (Å²) in [6, 6.07) is 19.6. The summed E-state index contributed by atoms with van der Waals surface area (Å²) >= 11 is 0. The topological polar surface area (TPSA) is 87.8 Å². The lowest BCUT2D eigenvalue weighted by Gasteiger charge is -2.40. The second-order valence-corrected chi connectivity index (χ2v) is 8.16. The molecule has 160 valence electrons. The van der Waals surface area contributed by atoms with Crippen LogP contribution in [0.25, 0.3) is 0 Å². The van der Waals surface area contributed by atoms with Crippen LogP contribution in [0.15, 0.2) is 88.7 Å². The molecule has 0 radical (unpaired) electrons. The Kier molecular flexibility index (Phi) is 4.98. The highest BCUT2D eigenvalue weighted by molar-refractivity contribution is 6.08. The van der Waals surface area contributed by atoms with Gasteiger partial charge in [0.1, 0.15) is 5.76 Å². The van der Waals surface area contributed by atoms with Gasteiger partial charge in [-0.2, -0.15) is 0 Å². The number of Topliss-reactive ketones (excluding diaryl/α,β-unsaturated/α-hetero) is 1. The van der Waals surface area contributed by atoms with E-state index in [1.54, 1.807) is 30.5 Å². The van der Waals surface area contributed by atoms with Gasteiger partial charge < -0.3 is 9.52 Å². The second kappa shape index (κ2) is 7.96. The van der Waals surface area contributed by atoms with E-state index in [4.69, 9.17) is 4.42 Å². The molecule has 0 bridgehead atoms. The molecule has 1 N–H and O–H groups in total. The van der Waals surface area contributed by atoms with Crippen LogP contribution in [0.5, 0.6) is 0 Å². The number of hydrogen-bond donors (Lipinski definition) is 1. The van der Waals surface area contributed by atoms with E-state index >= 15 is 0 Å². The number of carbonyl (C=O) groups excluding carboxylic acids is 2. The molecular formula is C26H21NO5. The Morgan fingerprint density at radius 2 is 1.75 bits per heavy atom. The van der Waals surface area contributed by atoms with Gasteiger partial charge in [0.15, 0.2) is 5.78 Å². The number of carbonyl (C=O) groups is 3. The SMILES string of the molecule is O=C1CC(c2ccccc2)CC2=C1C(c1ccco1)CC(=O)N2c1cccc(C(=O)O)c1. The van der Waals surface area contributed by atoms with E-state index in [-0.39, 0.29) is 29.6 Å². The average Bonchev–Trinajstić information content (AvgIpc) is 3.34. The van der Waals surface area contributed by atoms with E-state index < -0.39 is 11.9 Å². The summed E-state index contributed by atoms with van der Waals surface area (Å²) < 4.78 is 5.59. The lowest BCUT2D eigenvalue weighted by molar-refractivity contribution is -0.120. The van der Waals surface area contributed by atoms with Crippen molar-refractivity contribution >= 4 is 23.3 Å². The van der Waals surface area contributed by atoms with Gasteiger partial charge in [0.05, 0.1) is 17.7 Å². The fraction of sp³-hybridized carbons (Fsp3) is 0.192. The lowest BCUT2D eigenvalue weighted by Crippen LogP contribution is -2.41. The van der Waals surface area contributed by atoms with Crippen molar-refractivity contribution in [3.05, 3.63) is 101 Å². The number of carboxylic acid groups (broad SMARTS) is 1. The van der Waals surface area contributed by atoms with Gasteiger partial charge in [-0.3, -0.25) is 14.5 Å². The smallest absolute Gasteiger partial charge is 0.335 e. The Balaban J connectivity index is 1.65. The maximum atomic E-state index is 13.4. The lowest BCUT2D eigenvalue weighted by atomic mass is 9.74. The molecule has 1 amide bonds. The quantitative estimate of drug-likeness (QED) is 0.640. The summed E-state index contributed by atoms with van der Waals surface area (Å²) in [7, 11) is 0. The average molecular weight is 427 g/mol. The fourth-order valence-electron chi connectivity index (χ4n) is 4.81. The number of carboxylic acids is 1. The Hall–Kier alpha value is -3.93. The number of rotatable bonds is 4. The van der Waals surface area contributed by atoms with Crippen molar-refractivity contribution in [2.24, 2.45) is 0 Å². The number of nitrogens with zero attached hydrogens (tertiary/aromatic N) is 1. The Morgan fingerprint density at radius 3 is 2.47 bits per heavy atom. The largest absolute Gasteiger partial charge is 0.478 e.